The molecular weight excluding hydrogens is 448 g/mol. The average molecular weight is 479 g/mol. The molecular formula is C27H30N2O4S. The van der Waals surface area contributed by atoms with Gasteiger partial charge in [-0.25, -0.2) is 0 Å². The van der Waals surface area contributed by atoms with Gasteiger partial charge in [0, 0.05) is 24.0 Å². The normalized spacial score (nSPS) is 17.3. The molecule has 178 valence electrons. The second-order valence-electron chi connectivity index (χ2n) is 8.13. The number of carbonyl (C=O) groups is 2. The lowest BCUT2D eigenvalue weighted by Crippen LogP contribution is -2.45. The number of carbonyl (C=O) groups excluding carboxylic acids is 2. The van der Waals surface area contributed by atoms with Crippen molar-refractivity contribution in [3.8, 4) is 11.5 Å². The van der Waals surface area contributed by atoms with Gasteiger partial charge in [0.15, 0.2) is 11.5 Å². The highest BCUT2D eigenvalue weighted by Gasteiger charge is 2.42. The Labute approximate surface area is 204 Å². The van der Waals surface area contributed by atoms with Crippen LogP contribution in [0.1, 0.15) is 52.2 Å². The van der Waals surface area contributed by atoms with Gasteiger partial charge >= 0.3 is 0 Å². The molecule has 0 saturated carbocycles. The van der Waals surface area contributed by atoms with Gasteiger partial charge in [0.05, 0.1) is 25.2 Å². The SMILES string of the molecule is CCOc1ccc(CCNC(=O)[C@H]2c3ccccc3C(=O)N(C)[C@@H]2c2cccs2)cc1OCC. The zero-order chi connectivity index (χ0) is 24.1. The predicted molar refractivity (Wildman–Crippen MR) is 134 cm³/mol. The van der Waals surface area contributed by atoms with Crippen LogP contribution in [-0.4, -0.2) is 43.5 Å². The fourth-order valence-electron chi connectivity index (χ4n) is 4.46. The Morgan fingerprint density at radius 1 is 1.03 bits per heavy atom. The summed E-state index contributed by atoms with van der Waals surface area (Å²) in [6, 6.07) is 16.9. The first-order valence-electron chi connectivity index (χ1n) is 11.6. The van der Waals surface area contributed by atoms with Crippen LogP contribution in [0.15, 0.2) is 60.0 Å². The highest BCUT2D eigenvalue weighted by molar-refractivity contribution is 7.10. The molecule has 2 heterocycles. The van der Waals surface area contributed by atoms with E-state index in [4.69, 9.17) is 9.47 Å². The molecule has 34 heavy (non-hydrogen) atoms. The summed E-state index contributed by atoms with van der Waals surface area (Å²) in [5.74, 6) is 0.823. The second-order valence-corrected chi connectivity index (χ2v) is 9.11. The van der Waals surface area contributed by atoms with Crippen LogP contribution in [0.3, 0.4) is 0 Å². The number of likely N-dealkylation sites (N-methyl/N-ethyl adjacent to an activating group) is 1. The zero-order valence-corrected chi connectivity index (χ0v) is 20.6. The molecule has 0 radical (unpaired) electrons. The highest BCUT2D eigenvalue weighted by atomic mass is 32.1. The summed E-state index contributed by atoms with van der Waals surface area (Å²) >= 11 is 1.56. The van der Waals surface area contributed by atoms with E-state index in [0.29, 0.717) is 37.5 Å². The van der Waals surface area contributed by atoms with Crippen LogP contribution in [-0.2, 0) is 11.2 Å². The molecule has 1 aliphatic heterocycles. The largest absolute Gasteiger partial charge is 0.490 e. The van der Waals surface area contributed by atoms with Gasteiger partial charge in [-0.2, -0.15) is 0 Å². The van der Waals surface area contributed by atoms with Crippen molar-refractivity contribution >= 4 is 23.2 Å². The Morgan fingerprint density at radius 3 is 2.53 bits per heavy atom. The van der Waals surface area contributed by atoms with Crippen LogP contribution in [0, 0.1) is 0 Å². The molecule has 0 spiro atoms. The first-order chi connectivity index (χ1) is 16.5. The van der Waals surface area contributed by atoms with Crippen molar-refractivity contribution in [1.29, 1.82) is 0 Å². The van der Waals surface area contributed by atoms with E-state index in [-0.39, 0.29) is 17.9 Å². The number of fused-ring (bicyclic) bond motifs is 1. The maximum atomic E-state index is 13.5. The van der Waals surface area contributed by atoms with Gasteiger partial charge < -0.3 is 19.7 Å². The molecule has 0 fully saturated rings. The van der Waals surface area contributed by atoms with Crippen LogP contribution in [0.5, 0.6) is 11.5 Å². The van der Waals surface area contributed by atoms with E-state index in [1.165, 1.54) is 0 Å². The van der Waals surface area contributed by atoms with Gasteiger partial charge in [0.2, 0.25) is 5.91 Å². The van der Waals surface area contributed by atoms with Crippen LogP contribution in [0.2, 0.25) is 0 Å². The summed E-state index contributed by atoms with van der Waals surface area (Å²) in [4.78, 5) is 29.2. The predicted octanol–water partition coefficient (Wildman–Crippen LogP) is 4.81. The van der Waals surface area contributed by atoms with E-state index in [9.17, 15) is 9.59 Å². The maximum Gasteiger partial charge on any atom is 0.254 e. The van der Waals surface area contributed by atoms with Crippen LogP contribution in [0.4, 0.5) is 0 Å². The van der Waals surface area contributed by atoms with Crippen molar-refractivity contribution in [1.82, 2.24) is 10.2 Å². The van der Waals surface area contributed by atoms with Crippen LogP contribution in [0.25, 0.3) is 0 Å². The smallest absolute Gasteiger partial charge is 0.254 e. The van der Waals surface area contributed by atoms with Gasteiger partial charge in [-0.1, -0.05) is 30.3 Å². The first kappa shape index (κ1) is 23.8. The molecule has 1 aliphatic rings. The molecule has 1 aromatic heterocycles. The van der Waals surface area contributed by atoms with Gasteiger partial charge in [0.25, 0.3) is 5.91 Å². The van der Waals surface area contributed by atoms with E-state index in [2.05, 4.69) is 5.32 Å². The lowest BCUT2D eigenvalue weighted by molar-refractivity contribution is -0.124. The number of benzene rings is 2. The summed E-state index contributed by atoms with van der Waals surface area (Å²) < 4.78 is 11.4. The maximum absolute atomic E-state index is 13.5. The molecule has 1 N–H and O–H groups in total. The van der Waals surface area contributed by atoms with Gasteiger partial charge in [0.1, 0.15) is 0 Å². The number of hydrogen-bond donors (Lipinski definition) is 1. The Hall–Kier alpha value is -3.32. The van der Waals surface area contributed by atoms with Crippen molar-refractivity contribution in [2.24, 2.45) is 0 Å². The third kappa shape index (κ3) is 4.80. The van der Waals surface area contributed by atoms with Crippen molar-refractivity contribution < 1.29 is 19.1 Å². The summed E-state index contributed by atoms with van der Waals surface area (Å²) in [6.07, 6.45) is 0.658. The second kappa shape index (κ2) is 10.7. The van der Waals surface area contributed by atoms with Crippen molar-refractivity contribution in [2.75, 3.05) is 26.8 Å². The van der Waals surface area contributed by atoms with E-state index >= 15 is 0 Å². The Kier molecular flexibility index (Phi) is 7.53. The van der Waals surface area contributed by atoms with Gasteiger partial charge in [-0.05, 0) is 61.0 Å². The summed E-state index contributed by atoms with van der Waals surface area (Å²) in [6.45, 7) is 5.48. The third-order valence-electron chi connectivity index (χ3n) is 6.02. The van der Waals surface area contributed by atoms with E-state index < -0.39 is 5.92 Å². The van der Waals surface area contributed by atoms with Gasteiger partial charge in [-0.15, -0.1) is 11.3 Å². The number of thiophene rings is 1. The average Bonchev–Trinajstić information content (AvgIpc) is 3.37. The number of amides is 2. The molecule has 7 heteroatoms. The number of nitrogens with zero attached hydrogens (tertiary/aromatic N) is 1. The Balaban J connectivity index is 1.53. The van der Waals surface area contributed by atoms with Crippen molar-refractivity contribution in [3.05, 3.63) is 81.5 Å². The molecule has 3 aromatic rings. The third-order valence-corrected chi connectivity index (χ3v) is 6.96. The minimum absolute atomic E-state index is 0.0594. The lowest BCUT2D eigenvalue weighted by Gasteiger charge is -2.39. The topological polar surface area (TPSA) is 67.9 Å². The molecule has 2 amide bonds. The summed E-state index contributed by atoms with van der Waals surface area (Å²) in [5.41, 5.74) is 2.42. The highest BCUT2D eigenvalue weighted by Crippen LogP contribution is 2.43. The van der Waals surface area contributed by atoms with Crippen LogP contribution >= 0.6 is 11.3 Å². The molecule has 6 nitrogen and oxygen atoms in total. The zero-order valence-electron chi connectivity index (χ0n) is 19.7. The number of hydrogen-bond acceptors (Lipinski definition) is 5. The first-order valence-corrected chi connectivity index (χ1v) is 12.5. The van der Waals surface area contributed by atoms with Crippen LogP contribution < -0.4 is 14.8 Å². The molecule has 4 rings (SSSR count). The molecule has 0 saturated heterocycles. The minimum Gasteiger partial charge on any atom is -0.490 e. The summed E-state index contributed by atoms with van der Waals surface area (Å²) in [7, 11) is 1.78. The minimum atomic E-state index is -0.475. The molecule has 0 unspecified atom stereocenters. The molecule has 2 aromatic carbocycles. The number of rotatable bonds is 9. The monoisotopic (exact) mass is 478 g/mol. The number of ether oxygens (including phenoxy) is 2. The fraction of sp³-hybridized carbons (Fsp3) is 0.333. The van der Waals surface area contributed by atoms with Crippen molar-refractivity contribution in [2.45, 2.75) is 32.2 Å². The van der Waals surface area contributed by atoms with Gasteiger partial charge in [-0.3, -0.25) is 9.59 Å². The fourth-order valence-corrected chi connectivity index (χ4v) is 5.37. The van der Waals surface area contributed by atoms with E-state index in [1.54, 1.807) is 29.4 Å². The number of nitrogens with one attached hydrogen (secondary N) is 1. The van der Waals surface area contributed by atoms with E-state index in [0.717, 1.165) is 21.8 Å². The molecule has 0 bridgehead atoms. The molecule has 0 aliphatic carbocycles. The van der Waals surface area contributed by atoms with E-state index in [1.807, 2.05) is 67.8 Å². The Morgan fingerprint density at radius 2 is 1.79 bits per heavy atom. The quantitative estimate of drug-likeness (QED) is 0.479. The lowest BCUT2D eigenvalue weighted by atomic mass is 9.81. The molecule has 2 atom stereocenters. The standard InChI is InChI=1S/C27H30N2O4S/c1-4-32-21-13-12-18(17-22(21)33-5-2)14-15-28-26(30)24-19-9-6-7-10-20(19)27(31)29(3)25(24)23-11-8-16-34-23/h6-13,16-17,24-25H,4-5,14-15H2,1-3H3,(H,28,30)/t24-,25+/m0/s1. The Bertz CT molecular complexity index is 1150. The summed E-state index contributed by atoms with van der Waals surface area (Å²) in [5, 5.41) is 5.09. The van der Waals surface area contributed by atoms with Crippen molar-refractivity contribution in [3.63, 3.8) is 0 Å².